The molecule has 0 bridgehead atoms. The van der Waals surface area contributed by atoms with Gasteiger partial charge in [0.25, 0.3) is 5.91 Å². The third-order valence-electron chi connectivity index (χ3n) is 3.42. The van der Waals surface area contributed by atoms with E-state index < -0.39 is 11.7 Å². The standard InChI is InChI=1S/C18H15ClFN3O2/c1-12-2-7-15(20)17(10-12)21-18(24)16-8-9-23(22-16)11-25-14-5-3-13(19)4-6-14/h2-10H,11H2,1H3,(H,21,24). The minimum Gasteiger partial charge on any atom is -0.471 e. The zero-order valence-electron chi connectivity index (χ0n) is 13.4. The molecule has 128 valence electrons. The number of benzene rings is 2. The smallest absolute Gasteiger partial charge is 0.276 e. The second kappa shape index (κ2) is 7.36. The maximum atomic E-state index is 13.7. The van der Waals surface area contributed by atoms with Crippen molar-refractivity contribution in [2.24, 2.45) is 0 Å². The molecule has 1 heterocycles. The van der Waals surface area contributed by atoms with E-state index in [9.17, 15) is 9.18 Å². The lowest BCUT2D eigenvalue weighted by molar-refractivity contribution is 0.101. The number of carbonyl (C=O) groups excluding carboxylic acids is 1. The van der Waals surface area contributed by atoms with Crippen molar-refractivity contribution in [3.8, 4) is 5.75 Å². The monoisotopic (exact) mass is 359 g/mol. The van der Waals surface area contributed by atoms with Crippen LogP contribution >= 0.6 is 11.6 Å². The van der Waals surface area contributed by atoms with Gasteiger partial charge >= 0.3 is 0 Å². The minimum absolute atomic E-state index is 0.122. The number of ether oxygens (including phenoxy) is 1. The van der Waals surface area contributed by atoms with E-state index in [-0.39, 0.29) is 18.1 Å². The Hall–Kier alpha value is -2.86. The number of rotatable bonds is 5. The molecule has 7 heteroatoms. The van der Waals surface area contributed by atoms with Crippen molar-refractivity contribution in [1.82, 2.24) is 9.78 Å². The lowest BCUT2D eigenvalue weighted by Gasteiger charge is -2.07. The van der Waals surface area contributed by atoms with Crippen LogP contribution in [0.4, 0.5) is 10.1 Å². The van der Waals surface area contributed by atoms with E-state index in [2.05, 4.69) is 10.4 Å². The van der Waals surface area contributed by atoms with Crippen molar-refractivity contribution < 1.29 is 13.9 Å². The Morgan fingerprint density at radius 3 is 2.76 bits per heavy atom. The van der Waals surface area contributed by atoms with Gasteiger partial charge in [0.2, 0.25) is 0 Å². The van der Waals surface area contributed by atoms with Gasteiger partial charge in [-0.3, -0.25) is 4.79 Å². The van der Waals surface area contributed by atoms with Crippen LogP contribution in [0.5, 0.6) is 5.75 Å². The third-order valence-corrected chi connectivity index (χ3v) is 3.67. The van der Waals surface area contributed by atoms with E-state index in [0.29, 0.717) is 10.8 Å². The maximum absolute atomic E-state index is 13.7. The first kappa shape index (κ1) is 17.0. The van der Waals surface area contributed by atoms with Gasteiger partial charge in [-0.2, -0.15) is 5.10 Å². The topological polar surface area (TPSA) is 56.2 Å². The summed E-state index contributed by atoms with van der Waals surface area (Å²) in [4.78, 5) is 12.2. The van der Waals surface area contributed by atoms with Crippen LogP contribution in [-0.2, 0) is 6.73 Å². The van der Waals surface area contributed by atoms with Crippen LogP contribution in [0.1, 0.15) is 16.1 Å². The van der Waals surface area contributed by atoms with E-state index >= 15 is 0 Å². The summed E-state index contributed by atoms with van der Waals surface area (Å²) in [6.07, 6.45) is 1.61. The van der Waals surface area contributed by atoms with E-state index in [0.717, 1.165) is 5.56 Å². The quantitative estimate of drug-likeness (QED) is 0.740. The predicted molar refractivity (Wildman–Crippen MR) is 93.4 cm³/mol. The number of anilines is 1. The summed E-state index contributed by atoms with van der Waals surface area (Å²) in [5.74, 6) is -0.355. The number of hydrogen-bond acceptors (Lipinski definition) is 3. The van der Waals surface area contributed by atoms with Gasteiger partial charge in [-0.25, -0.2) is 9.07 Å². The molecule has 3 aromatic rings. The van der Waals surface area contributed by atoms with Crippen LogP contribution in [-0.4, -0.2) is 15.7 Å². The number of aryl methyl sites for hydroxylation is 1. The van der Waals surface area contributed by atoms with Crippen molar-refractivity contribution in [2.45, 2.75) is 13.7 Å². The summed E-state index contributed by atoms with van der Waals surface area (Å²) >= 11 is 5.81. The van der Waals surface area contributed by atoms with Crippen molar-refractivity contribution in [3.63, 3.8) is 0 Å². The number of aromatic nitrogens is 2. The highest BCUT2D eigenvalue weighted by atomic mass is 35.5. The predicted octanol–water partition coefficient (Wildman–Crippen LogP) is 4.27. The Bertz CT molecular complexity index is 894. The fourth-order valence-corrected chi connectivity index (χ4v) is 2.27. The fourth-order valence-electron chi connectivity index (χ4n) is 2.15. The molecule has 3 rings (SSSR count). The SMILES string of the molecule is Cc1ccc(F)c(NC(=O)c2ccn(COc3ccc(Cl)cc3)n2)c1. The molecule has 25 heavy (non-hydrogen) atoms. The van der Waals surface area contributed by atoms with Gasteiger partial charge in [-0.05, 0) is 55.0 Å². The van der Waals surface area contributed by atoms with Crippen LogP contribution in [0.25, 0.3) is 0 Å². The van der Waals surface area contributed by atoms with Gasteiger partial charge < -0.3 is 10.1 Å². The molecule has 0 saturated carbocycles. The molecule has 0 aliphatic heterocycles. The Morgan fingerprint density at radius 1 is 1.24 bits per heavy atom. The van der Waals surface area contributed by atoms with E-state index in [4.69, 9.17) is 16.3 Å². The highest BCUT2D eigenvalue weighted by molar-refractivity contribution is 6.30. The van der Waals surface area contributed by atoms with Gasteiger partial charge in [0, 0.05) is 11.2 Å². The van der Waals surface area contributed by atoms with Crippen molar-refractivity contribution in [3.05, 3.63) is 76.8 Å². The number of hydrogen-bond donors (Lipinski definition) is 1. The zero-order valence-corrected chi connectivity index (χ0v) is 14.1. The molecule has 0 unspecified atom stereocenters. The first-order chi connectivity index (χ1) is 12.0. The molecule has 0 saturated heterocycles. The molecule has 0 aliphatic rings. The van der Waals surface area contributed by atoms with Gasteiger partial charge in [0.15, 0.2) is 12.4 Å². The van der Waals surface area contributed by atoms with Crippen LogP contribution in [0.15, 0.2) is 54.7 Å². The minimum atomic E-state index is -0.496. The van der Waals surface area contributed by atoms with Gasteiger partial charge in [-0.1, -0.05) is 17.7 Å². The average Bonchev–Trinajstić information content (AvgIpc) is 3.07. The van der Waals surface area contributed by atoms with E-state index in [1.54, 1.807) is 42.6 Å². The number of nitrogens with one attached hydrogen (secondary N) is 1. The molecular weight excluding hydrogens is 345 g/mol. The molecule has 1 amide bonds. The summed E-state index contributed by atoms with van der Waals surface area (Å²) in [5, 5.41) is 7.26. The third kappa shape index (κ3) is 4.36. The second-order valence-electron chi connectivity index (χ2n) is 5.41. The Labute approximate surface area is 149 Å². The summed E-state index contributed by atoms with van der Waals surface area (Å²) in [6, 6.07) is 12.9. The molecule has 0 atom stereocenters. The molecule has 0 aliphatic carbocycles. The summed E-state index contributed by atoms with van der Waals surface area (Å²) < 4.78 is 20.7. The largest absolute Gasteiger partial charge is 0.471 e. The molecule has 0 spiro atoms. The molecule has 0 fully saturated rings. The zero-order chi connectivity index (χ0) is 17.8. The van der Waals surface area contributed by atoms with Gasteiger partial charge in [0.1, 0.15) is 11.6 Å². The second-order valence-corrected chi connectivity index (χ2v) is 5.84. The highest BCUT2D eigenvalue weighted by Crippen LogP contribution is 2.17. The Kier molecular flexibility index (Phi) is 5.00. The van der Waals surface area contributed by atoms with Crippen molar-refractivity contribution in [1.29, 1.82) is 0 Å². The summed E-state index contributed by atoms with van der Waals surface area (Å²) in [6.45, 7) is 1.95. The van der Waals surface area contributed by atoms with E-state index in [1.807, 2.05) is 6.92 Å². The average molecular weight is 360 g/mol. The lowest BCUT2D eigenvalue weighted by atomic mass is 10.2. The Morgan fingerprint density at radius 2 is 2.00 bits per heavy atom. The molecule has 2 aromatic carbocycles. The lowest BCUT2D eigenvalue weighted by Crippen LogP contribution is -2.15. The van der Waals surface area contributed by atoms with Crippen LogP contribution in [0.2, 0.25) is 5.02 Å². The maximum Gasteiger partial charge on any atom is 0.276 e. The number of halogens is 2. The van der Waals surface area contributed by atoms with Crippen LogP contribution < -0.4 is 10.1 Å². The van der Waals surface area contributed by atoms with Gasteiger partial charge in [0.05, 0.1) is 5.69 Å². The first-order valence-corrected chi connectivity index (χ1v) is 7.88. The first-order valence-electron chi connectivity index (χ1n) is 7.50. The highest BCUT2D eigenvalue weighted by Gasteiger charge is 2.12. The molecule has 5 nitrogen and oxygen atoms in total. The fraction of sp³-hybridized carbons (Fsp3) is 0.111. The number of amides is 1. The molecular formula is C18H15ClFN3O2. The van der Waals surface area contributed by atoms with Gasteiger partial charge in [-0.15, -0.1) is 0 Å². The normalized spacial score (nSPS) is 10.5. The number of carbonyl (C=O) groups is 1. The van der Waals surface area contributed by atoms with Crippen LogP contribution in [0, 0.1) is 12.7 Å². The number of nitrogens with zero attached hydrogens (tertiary/aromatic N) is 2. The van der Waals surface area contributed by atoms with Crippen molar-refractivity contribution >= 4 is 23.2 Å². The summed E-state index contributed by atoms with van der Waals surface area (Å²) in [7, 11) is 0. The van der Waals surface area contributed by atoms with Crippen LogP contribution in [0.3, 0.4) is 0 Å². The molecule has 0 radical (unpaired) electrons. The summed E-state index contributed by atoms with van der Waals surface area (Å²) in [5.41, 5.74) is 1.14. The molecule has 1 aromatic heterocycles. The molecule has 1 N–H and O–H groups in total. The Balaban J connectivity index is 1.63. The van der Waals surface area contributed by atoms with Crippen molar-refractivity contribution in [2.75, 3.05) is 5.32 Å². The van der Waals surface area contributed by atoms with E-state index in [1.165, 1.54) is 16.8 Å².